The van der Waals surface area contributed by atoms with Crippen molar-refractivity contribution in [3.8, 4) is 0 Å². The molecule has 8 heteroatoms. The molecule has 0 fully saturated rings. The first-order chi connectivity index (χ1) is 8.24. The molecule has 0 aromatic carbocycles. The predicted octanol–water partition coefficient (Wildman–Crippen LogP) is 0.574. The average molecular weight is 252 g/mol. The summed E-state index contributed by atoms with van der Waals surface area (Å²) in [5.74, 6) is 0.538. The third-order valence-corrected chi connectivity index (χ3v) is 3.02. The number of nitrogens with one attached hydrogen (secondary N) is 2. The minimum Gasteiger partial charge on any atom is -0.357 e. The van der Waals surface area contributed by atoms with Crippen molar-refractivity contribution in [2.24, 2.45) is 0 Å². The van der Waals surface area contributed by atoms with Crippen LogP contribution >= 0.6 is 11.8 Å². The van der Waals surface area contributed by atoms with E-state index in [0.29, 0.717) is 17.6 Å². The minimum absolute atomic E-state index is 0.210. The summed E-state index contributed by atoms with van der Waals surface area (Å²) in [5, 5.41) is 10.5. The van der Waals surface area contributed by atoms with Gasteiger partial charge in [-0.25, -0.2) is 19.9 Å². The van der Waals surface area contributed by atoms with Gasteiger partial charge in [0.25, 0.3) is 0 Å². The topological polar surface area (TPSA) is 88.5 Å². The summed E-state index contributed by atoms with van der Waals surface area (Å²) in [6.45, 7) is 2.46. The quantitative estimate of drug-likeness (QED) is 0.774. The summed E-state index contributed by atoms with van der Waals surface area (Å²) >= 11 is 1.32. The fraction of sp³-hybridized carbons (Fsp3) is 0.333. The van der Waals surface area contributed by atoms with Crippen LogP contribution in [0.5, 0.6) is 0 Å². The van der Waals surface area contributed by atoms with Gasteiger partial charge in [-0.15, -0.1) is 5.10 Å². The second kappa shape index (κ2) is 5.00. The Morgan fingerprint density at radius 3 is 3.12 bits per heavy atom. The molecular weight excluding hydrogens is 240 g/mol. The Labute approximate surface area is 102 Å². The molecular formula is C9H12N6OS. The molecule has 2 heterocycles. The van der Waals surface area contributed by atoms with Gasteiger partial charge in [-0.05, 0) is 24.8 Å². The Balaban J connectivity index is 2.28. The first kappa shape index (κ1) is 11.6. The van der Waals surface area contributed by atoms with Gasteiger partial charge < -0.3 is 5.32 Å². The molecule has 0 saturated heterocycles. The lowest BCUT2D eigenvalue weighted by Crippen LogP contribution is -2.16. The van der Waals surface area contributed by atoms with E-state index in [2.05, 4.69) is 25.5 Å². The Kier molecular flexibility index (Phi) is 3.43. The lowest BCUT2D eigenvalue weighted by Gasteiger charge is -2.02. The van der Waals surface area contributed by atoms with Crippen molar-refractivity contribution < 1.29 is 0 Å². The smallest absolute Gasteiger partial charge is 0.343 e. The molecule has 2 rings (SSSR count). The van der Waals surface area contributed by atoms with Crippen LogP contribution in [0.4, 0.5) is 5.95 Å². The van der Waals surface area contributed by atoms with E-state index in [0.717, 1.165) is 5.03 Å². The highest BCUT2D eigenvalue weighted by Gasteiger charge is 2.09. The lowest BCUT2D eigenvalue weighted by atomic mass is 10.7. The first-order valence-corrected chi connectivity index (χ1v) is 5.90. The fourth-order valence-electron chi connectivity index (χ4n) is 1.27. The van der Waals surface area contributed by atoms with E-state index in [1.165, 1.54) is 11.8 Å². The number of aromatic nitrogens is 5. The molecule has 0 aliphatic heterocycles. The second-order valence-electron chi connectivity index (χ2n) is 3.13. The van der Waals surface area contributed by atoms with E-state index in [1.807, 2.05) is 6.92 Å². The monoisotopic (exact) mass is 252 g/mol. The number of hydrogen-bond acceptors (Lipinski definition) is 6. The van der Waals surface area contributed by atoms with E-state index in [9.17, 15) is 4.79 Å². The highest BCUT2D eigenvalue weighted by molar-refractivity contribution is 7.99. The molecule has 0 aliphatic rings. The van der Waals surface area contributed by atoms with Crippen molar-refractivity contribution in [3.63, 3.8) is 0 Å². The molecule has 0 spiro atoms. The Hall–Kier alpha value is -1.83. The zero-order valence-corrected chi connectivity index (χ0v) is 10.3. The molecule has 7 nitrogen and oxygen atoms in total. The minimum atomic E-state index is -0.210. The summed E-state index contributed by atoms with van der Waals surface area (Å²) in [7, 11) is 1.75. The molecule has 0 unspecified atom stereocenters. The van der Waals surface area contributed by atoms with Gasteiger partial charge in [0, 0.05) is 19.8 Å². The van der Waals surface area contributed by atoms with E-state index in [-0.39, 0.29) is 5.69 Å². The summed E-state index contributed by atoms with van der Waals surface area (Å²) in [6.07, 6.45) is 1.65. The number of rotatable bonds is 4. The van der Waals surface area contributed by atoms with E-state index in [1.54, 1.807) is 23.9 Å². The molecule has 0 atom stereocenters. The number of nitrogens with zero attached hydrogens (tertiary/aromatic N) is 4. The van der Waals surface area contributed by atoms with Crippen molar-refractivity contribution in [1.82, 2.24) is 24.7 Å². The van der Waals surface area contributed by atoms with Crippen LogP contribution in [-0.4, -0.2) is 31.8 Å². The third-order valence-electron chi connectivity index (χ3n) is 2.09. The van der Waals surface area contributed by atoms with Crippen LogP contribution in [-0.2, 0) is 6.54 Å². The molecule has 2 aromatic rings. The van der Waals surface area contributed by atoms with Crippen molar-refractivity contribution in [3.05, 3.63) is 22.7 Å². The molecule has 90 valence electrons. The summed E-state index contributed by atoms with van der Waals surface area (Å²) in [6, 6.07) is 1.77. The van der Waals surface area contributed by atoms with Crippen molar-refractivity contribution >= 4 is 17.7 Å². The first-order valence-electron chi connectivity index (χ1n) is 5.08. The van der Waals surface area contributed by atoms with Gasteiger partial charge in [0.05, 0.1) is 0 Å². The number of anilines is 1. The maximum Gasteiger partial charge on any atom is 0.343 e. The SMILES string of the molecule is CCn1c(Sc2ccnc(NC)n2)n[nH]c1=O. The predicted molar refractivity (Wildman–Crippen MR) is 64.2 cm³/mol. The van der Waals surface area contributed by atoms with Gasteiger partial charge in [-0.1, -0.05) is 0 Å². The van der Waals surface area contributed by atoms with Crippen molar-refractivity contribution in [1.29, 1.82) is 0 Å². The van der Waals surface area contributed by atoms with E-state index >= 15 is 0 Å². The lowest BCUT2D eigenvalue weighted by molar-refractivity contribution is 0.660. The Morgan fingerprint density at radius 2 is 2.41 bits per heavy atom. The number of hydrogen-bond donors (Lipinski definition) is 2. The summed E-state index contributed by atoms with van der Waals surface area (Å²) in [5.41, 5.74) is -0.210. The van der Waals surface area contributed by atoms with Crippen molar-refractivity contribution in [2.45, 2.75) is 23.7 Å². The molecule has 0 amide bonds. The third kappa shape index (κ3) is 2.47. The van der Waals surface area contributed by atoms with Crippen LogP contribution in [0.25, 0.3) is 0 Å². The maximum atomic E-state index is 11.4. The van der Waals surface area contributed by atoms with Gasteiger partial charge in [0.2, 0.25) is 5.95 Å². The highest BCUT2D eigenvalue weighted by Crippen LogP contribution is 2.23. The summed E-state index contributed by atoms with van der Waals surface area (Å²) < 4.78 is 1.55. The van der Waals surface area contributed by atoms with Crippen molar-refractivity contribution in [2.75, 3.05) is 12.4 Å². The molecule has 0 radical (unpaired) electrons. The van der Waals surface area contributed by atoms with Gasteiger partial charge in [-0.2, -0.15) is 0 Å². The highest BCUT2D eigenvalue weighted by atomic mass is 32.2. The van der Waals surface area contributed by atoms with Gasteiger partial charge in [0.1, 0.15) is 5.03 Å². The van der Waals surface area contributed by atoms with Gasteiger partial charge >= 0.3 is 5.69 Å². The maximum absolute atomic E-state index is 11.4. The van der Waals surface area contributed by atoms with Gasteiger partial charge in [0.15, 0.2) is 5.16 Å². The zero-order valence-electron chi connectivity index (χ0n) is 9.47. The standard InChI is InChI=1S/C9H12N6OS/c1-3-15-8(16)13-14-9(15)17-6-4-5-11-7(10-2)12-6/h4-5H,3H2,1-2H3,(H,13,16)(H,10,11,12). The molecule has 2 aromatic heterocycles. The Bertz CT molecular complexity index is 563. The van der Waals surface area contributed by atoms with E-state index in [4.69, 9.17) is 0 Å². The molecule has 0 bridgehead atoms. The van der Waals surface area contributed by atoms with Gasteiger partial charge in [-0.3, -0.25) is 4.57 Å². The van der Waals surface area contributed by atoms with Crippen LogP contribution < -0.4 is 11.0 Å². The summed E-state index contributed by atoms with van der Waals surface area (Å²) in [4.78, 5) is 19.6. The molecule has 2 N–H and O–H groups in total. The number of aromatic amines is 1. The normalized spacial score (nSPS) is 10.5. The van der Waals surface area contributed by atoms with Crippen LogP contribution in [0.3, 0.4) is 0 Å². The molecule has 0 aliphatic carbocycles. The van der Waals surface area contributed by atoms with Crippen LogP contribution in [0.2, 0.25) is 0 Å². The van der Waals surface area contributed by atoms with E-state index < -0.39 is 0 Å². The molecule has 0 saturated carbocycles. The van der Waals surface area contributed by atoms with Crippen LogP contribution in [0, 0.1) is 0 Å². The average Bonchev–Trinajstić information content (AvgIpc) is 2.70. The Morgan fingerprint density at radius 1 is 1.59 bits per heavy atom. The zero-order chi connectivity index (χ0) is 12.3. The molecule has 17 heavy (non-hydrogen) atoms. The fourth-order valence-corrected chi connectivity index (χ4v) is 2.13. The number of H-pyrrole nitrogens is 1. The second-order valence-corrected chi connectivity index (χ2v) is 4.11. The van der Waals surface area contributed by atoms with Crippen LogP contribution in [0.15, 0.2) is 27.2 Å². The largest absolute Gasteiger partial charge is 0.357 e. The van der Waals surface area contributed by atoms with Crippen LogP contribution in [0.1, 0.15) is 6.92 Å².